The molecule has 3 heterocycles. The monoisotopic (exact) mass is 543 g/mol. The van der Waals surface area contributed by atoms with Gasteiger partial charge in [0.15, 0.2) is 0 Å². The number of fused-ring (bicyclic) bond motifs is 1. The van der Waals surface area contributed by atoms with Gasteiger partial charge in [-0.1, -0.05) is 67.3 Å². The minimum atomic E-state index is -1.16. The summed E-state index contributed by atoms with van der Waals surface area (Å²) in [4.78, 5) is 43.4. The van der Waals surface area contributed by atoms with Crippen LogP contribution in [0, 0.1) is 18.8 Å². The third kappa shape index (κ3) is 4.68. The van der Waals surface area contributed by atoms with Crippen molar-refractivity contribution < 1.29 is 23.9 Å². The van der Waals surface area contributed by atoms with Crippen LogP contribution in [0.15, 0.2) is 60.7 Å². The molecule has 210 valence electrons. The summed E-state index contributed by atoms with van der Waals surface area (Å²) >= 11 is 0. The van der Waals surface area contributed by atoms with Crippen LogP contribution < -0.4 is 15.4 Å². The molecule has 0 radical (unpaired) electrons. The van der Waals surface area contributed by atoms with Crippen LogP contribution in [0.1, 0.15) is 43.2 Å². The number of ether oxygens (including phenoxy) is 2. The quantitative estimate of drug-likeness (QED) is 0.494. The number of carbonyl (C=O) groups is 3. The summed E-state index contributed by atoms with van der Waals surface area (Å²) < 4.78 is 11.8. The number of aryl methyl sites for hydroxylation is 1. The van der Waals surface area contributed by atoms with E-state index in [9.17, 15) is 14.4 Å². The van der Waals surface area contributed by atoms with Crippen molar-refractivity contribution in [3.63, 3.8) is 0 Å². The van der Waals surface area contributed by atoms with E-state index in [1.165, 1.54) is 12.0 Å². The lowest BCUT2D eigenvalue weighted by Gasteiger charge is -2.34. The number of hydrogen-bond acceptors (Lipinski definition) is 5. The lowest BCUT2D eigenvalue weighted by Crippen LogP contribution is -2.56. The lowest BCUT2D eigenvalue weighted by atomic mass is 9.74. The number of likely N-dealkylation sites (tertiary alicyclic amines) is 1. The number of anilines is 1. The van der Waals surface area contributed by atoms with E-state index >= 15 is 0 Å². The molecule has 3 aliphatic heterocycles. The second-order valence-corrected chi connectivity index (χ2v) is 11.5. The molecule has 2 N–H and O–H groups in total. The Balaban J connectivity index is 1.28. The molecule has 3 fully saturated rings. The molecule has 2 aromatic rings. The second-order valence-electron chi connectivity index (χ2n) is 11.5. The molecule has 2 saturated heterocycles. The zero-order valence-corrected chi connectivity index (χ0v) is 23.1. The predicted octanol–water partition coefficient (Wildman–Crippen LogP) is 3.78. The summed E-state index contributed by atoms with van der Waals surface area (Å²) in [5, 5.41) is 6.20. The van der Waals surface area contributed by atoms with Crippen molar-refractivity contribution in [2.45, 2.75) is 69.2 Å². The van der Waals surface area contributed by atoms with Crippen LogP contribution in [-0.2, 0) is 25.5 Å². The molecule has 8 heteroatoms. The number of hydrogen-bond donors (Lipinski definition) is 2. The molecule has 8 nitrogen and oxygen atoms in total. The maximum absolute atomic E-state index is 14.2. The third-order valence-electron chi connectivity index (χ3n) is 8.98. The van der Waals surface area contributed by atoms with Gasteiger partial charge in [0.1, 0.15) is 17.4 Å². The molecule has 1 spiro atoms. The van der Waals surface area contributed by atoms with Gasteiger partial charge in [0.25, 0.3) is 0 Å². The molecule has 2 aromatic carbocycles. The summed E-state index contributed by atoms with van der Waals surface area (Å²) in [5.41, 5.74) is 1.68. The Morgan fingerprint density at radius 1 is 1.07 bits per heavy atom. The molecule has 4 aliphatic rings. The topological polar surface area (TPSA) is 97.0 Å². The molecule has 3 amide bonds. The Labute approximate surface area is 235 Å². The minimum absolute atomic E-state index is 0.0977. The highest BCUT2D eigenvalue weighted by atomic mass is 16.5. The Hall–Kier alpha value is -3.65. The van der Waals surface area contributed by atoms with Crippen LogP contribution in [0.3, 0.4) is 0 Å². The van der Waals surface area contributed by atoms with Crippen molar-refractivity contribution in [1.82, 2.24) is 10.2 Å². The first-order valence-electron chi connectivity index (χ1n) is 14.4. The Morgan fingerprint density at radius 3 is 2.60 bits per heavy atom. The number of nitrogens with zero attached hydrogens (tertiary/aromatic N) is 1. The molecule has 1 saturated carbocycles. The average Bonchev–Trinajstić information content (AvgIpc) is 3.60. The number of rotatable bonds is 8. The number of carbonyl (C=O) groups excluding carboxylic acids is 3. The number of nitrogens with one attached hydrogen (secondary N) is 2. The molecule has 6 rings (SSSR count). The molecular weight excluding hydrogens is 506 g/mol. The van der Waals surface area contributed by atoms with E-state index in [2.05, 4.69) is 22.8 Å². The van der Waals surface area contributed by atoms with Crippen molar-refractivity contribution >= 4 is 23.4 Å². The third-order valence-corrected chi connectivity index (χ3v) is 8.98. The van der Waals surface area contributed by atoms with E-state index in [1.54, 1.807) is 36.3 Å². The fourth-order valence-electron chi connectivity index (χ4n) is 6.97. The highest BCUT2D eigenvalue weighted by Gasteiger charge is 2.72. The first-order chi connectivity index (χ1) is 19.4. The van der Waals surface area contributed by atoms with Crippen molar-refractivity contribution in [2.75, 3.05) is 19.0 Å². The average molecular weight is 544 g/mol. The van der Waals surface area contributed by atoms with E-state index in [4.69, 9.17) is 9.47 Å². The van der Waals surface area contributed by atoms with Gasteiger partial charge in [0.2, 0.25) is 17.7 Å². The Kier molecular flexibility index (Phi) is 7.13. The van der Waals surface area contributed by atoms with Crippen LogP contribution in [0.5, 0.6) is 5.75 Å². The number of amides is 3. The van der Waals surface area contributed by atoms with E-state index in [0.717, 1.165) is 31.2 Å². The molecular formula is C32H37N3O5. The summed E-state index contributed by atoms with van der Waals surface area (Å²) in [6.07, 6.45) is 9.00. The molecule has 1 aliphatic carbocycles. The van der Waals surface area contributed by atoms with Crippen molar-refractivity contribution in [3.8, 4) is 5.75 Å². The van der Waals surface area contributed by atoms with Gasteiger partial charge in [0, 0.05) is 24.3 Å². The van der Waals surface area contributed by atoms with Gasteiger partial charge < -0.3 is 25.0 Å². The van der Waals surface area contributed by atoms with Crippen molar-refractivity contribution in [1.29, 1.82) is 0 Å². The molecule has 2 bridgehead atoms. The standard InChI is InChI=1S/C32H37N3O5/c1-20-11-13-21(14-12-20)16-18-35-28(30(37)33-22-7-4-3-5-8-22)32-17-15-25(40-32)26(27(32)31(35)38)29(36)34-23-9-6-10-24(19-23)39-2/h6,9-15,17,19,22,25-28H,3-5,7-8,16,18H2,1-2H3,(H,33,37)(H,34,36). The number of benzene rings is 2. The SMILES string of the molecule is COc1cccc(NC(=O)C2C3C=CC4(O3)C2C(=O)N(CCc2ccc(C)cc2)C4C(=O)NC2CCCCC2)c1. The molecule has 5 unspecified atom stereocenters. The van der Waals surface area contributed by atoms with Crippen molar-refractivity contribution in [2.24, 2.45) is 11.8 Å². The minimum Gasteiger partial charge on any atom is -0.497 e. The first kappa shape index (κ1) is 26.6. The summed E-state index contributed by atoms with van der Waals surface area (Å²) in [5.74, 6) is -1.57. The van der Waals surface area contributed by atoms with Gasteiger partial charge >= 0.3 is 0 Å². The number of methoxy groups -OCH3 is 1. The van der Waals surface area contributed by atoms with E-state index in [-0.39, 0.29) is 23.8 Å². The van der Waals surface area contributed by atoms with Gasteiger partial charge in [0.05, 0.1) is 25.0 Å². The molecule has 40 heavy (non-hydrogen) atoms. The second kappa shape index (κ2) is 10.7. The zero-order valence-electron chi connectivity index (χ0n) is 23.1. The van der Waals surface area contributed by atoms with E-state index in [0.29, 0.717) is 24.4 Å². The van der Waals surface area contributed by atoms with E-state index in [1.807, 2.05) is 31.2 Å². The lowest BCUT2D eigenvalue weighted by molar-refractivity contribution is -0.141. The normalized spacial score (nSPS) is 28.9. The van der Waals surface area contributed by atoms with Gasteiger partial charge in [-0.15, -0.1) is 0 Å². The molecule has 0 aromatic heterocycles. The fourth-order valence-corrected chi connectivity index (χ4v) is 6.97. The van der Waals surface area contributed by atoms with Crippen molar-refractivity contribution in [3.05, 3.63) is 71.8 Å². The van der Waals surface area contributed by atoms with Gasteiger partial charge in [-0.2, -0.15) is 0 Å². The summed E-state index contributed by atoms with van der Waals surface area (Å²) in [7, 11) is 1.57. The fraction of sp³-hybridized carbons (Fsp3) is 0.469. The predicted molar refractivity (Wildman–Crippen MR) is 151 cm³/mol. The van der Waals surface area contributed by atoms with Crippen LogP contribution in [0.25, 0.3) is 0 Å². The largest absolute Gasteiger partial charge is 0.497 e. The van der Waals surface area contributed by atoms with Gasteiger partial charge in [-0.25, -0.2) is 0 Å². The highest BCUT2D eigenvalue weighted by Crippen LogP contribution is 2.55. The van der Waals surface area contributed by atoms with Gasteiger partial charge in [-0.3, -0.25) is 14.4 Å². The first-order valence-corrected chi connectivity index (χ1v) is 14.4. The Bertz CT molecular complexity index is 1320. The maximum Gasteiger partial charge on any atom is 0.246 e. The van der Waals surface area contributed by atoms with E-state index < -0.39 is 29.6 Å². The summed E-state index contributed by atoms with van der Waals surface area (Å²) in [6, 6.07) is 14.6. The van der Waals surface area contributed by atoms with Crippen LogP contribution in [0.4, 0.5) is 5.69 Å². The summed E-state index contributed by atoms with van der Waals surface area (Å²) in [6.45, 7) is 2.41. The van der Waals surface area contributed by atoms with Crippen LogP contribution in [-0.4, -0.2) is 60.1 Å². The zero-order chi connectivity index (χ0) is 27.9. The van der Waals surface area contributed by atoms with Crippen LogP contribution in [0.2, 0.25) is 0 Å². The Morgan fingerprint density at radius 2 is 1.85 bits per heavy atom. The smallest absolute Gasteiger partial charge is 0.246 e. The van der Waals surface area contributed by atoms with Gasteiger partial charge in [-0.05, 0) is 43.9 Å². The van der Waals surface area contributed by atoms with Crippen LogP contribution >= 0.6 is 0 Å². The maximum atomic E-state index is 14.2. The highest BCUT2D eigenvalue weighted by molar-refractivity contribution is 6.02. The molecule has 5 atom stereocenters.